The van der Waals surface area contributed by atoms with Crippen molar-refractivity contribution in [3.05, 3.63) is 76.2 Å². The van der Waals surface area contributed by atoms with Crippen molar-refractivity contribution in [3.63, 3.8) is 0 Å². The van der Waals surface area contributed by atoms with Crippen LogP contribution in [0.15, 0.2) is 59.4 Å². The van der Waals surface area contributed by atoms with Crippen LogP contribution in [-0.2, 0) is 21.3 Å². The minimum absolute atomic E-state index is 0.0107. The van der Waals surface area contributed by atoms with Crippen LogP contribution in [0.2, 0.25) is 0 Å². The lowest BCUT2D eigenvalue weighted by Gasteiger charge is -2.30. The van der Waals surface area contributed by atoms with Crippen molar-refractivity contribution in [1.29, 1.82) is 0 Å². The van der Waals surface area contributed by atoms with Gasteiger partial charge in [-0.15, -0.1) is 0 Å². The number of aromatic nitrogens is 2. The number of esters is 1. The number of morpholine rings is 1. The maximum absolute atomic E-state index is 13.2. The maximum Gasteiger partial charge on any atom is 0.360 e. The first-order chi connectivity index (χ1) is 14.6. The number of carbonyl (C=O) groups excluding carboxylic acids is 2. The van der Waals surface area contributed by atoms with Gasteiger partial charge in [0.2, 0.25) is 6.10 Å². The van der Waals surface area contributed by atoms with Gasteiger partial charge in [-0.1, -0.05) is 48.5 Å². The number of ether oxygens (including phenoxy) is 2. The van der Waals surface area contributed by atoms with Crippen LogP contribution in [0.4, 0.5) is 0 Å². The molecule has 1 fully saturated rings. The lowest BCUT2D eigenvalue weighted by molar-refractivity contribution is -0.145. The molecule has 3 aromatic rings. The summed E-state index contributed by atoms with van der Waals surface area (Å²) in [6.07, 6.45) is -1.12. The second-order valence-corrected chi connectivity index (χ2v) is 6.96. The molecule has 0 aliphatic carbocycles. The minimum atomic E-state index is -1.12. The third-order valence-electron chi connectivity index (χ3n) is 5.02. The van der Waals surface area contributed by atoms with Gasteiger partial charge in [0.1, 0.15) is 0 Å². The molecule has 1 aliphatic rings. The number of nitrogens with zero attached hydrogens (tertiary/aromatic N) is 3. The Morgan fingerprint density at radius 2 is 1.63 bits per heavy atom. The summed E-state index contributed by atoms with van der Waals surface area (Å²) in [5.74, 6) is -1.08. The van der Waals surface area contributed by atoms with Gasteiger partial charge in [0, 0.05) is 31.1 Å². The molecule has 0 saturated carbocycles. The Kier molecular flexibility index (Phi) is 5.58. The Morgan fingerprint density at radius 3 is 2.33 bits per heavy atom. The van der Waals surface area contributed by atoms with E-state index in [0.29, 0.717) is 42.6 Å². The molecule has 0 spiro atoms. The second-order valence-electron chi connectivity index (χ2n) is 6.96. The van der Waals surface area contributed by atoms with Gasteiger partial charge < -0.3 is 14.4 Å². The molecular formula is C22H21N3O5. The summed E-state index contributed by atoms with van der Waals surface area (Å²) in [4.78, 5) is 40.2. The Bertz CT molecular complexity index is 1140. The van der Waals surface area contributed by atoms with E-state index in [1.165, 1.54) is 7.05 Å². The van der Waals surface area contributed by atoms with Gasteiger partial charge in [0.15, 0.2) is 5.69 Å². The normalized spacial score (nSPS) is 15.0. The number of fused-ring (bicyclic) bond motifs is 1. The highest BCUT2D eigenvalue weighted by Crippen LogP contribution is 2.24. The van der Waals surface area contributed by atoms with Crippen LogP contribution in [0.25, 0.3) is 10.8 Å². The van der Waals surface area contributed by atoms with E-state index < -0.39 is 12.1 Å². The Morgan fingerprint density at radius 1 is 1.00 bits per heavy atom. The van der Waals surface area contributed by atoms with Crippen molar-refractivity contribution >= 4 is 22.6 Å². The van der Waals surface area contributed by atoms with E-state index >= 15 is 0 Å². The number of amides is 1. The fourth-order valence-corrected chi connectivity index (χ4v) is 3.45. The molecule has 0 radical (unpaired) electrons. The van der Waals surface area contributed by atoms with Crippen LogP contribution < -0.4 is 5.56 Å². The Labute approximate surface area is 172 Å². The molecule has 8 heteroatoms. The van der Waals surface area contributed by atoms with E-state index in [1.54, 1.807) is 53.4 Å². The molecule has 154 valence electrons. The highest BCUT2D eigenvalue weighted by atomic mass is 16.5. The second kappa shape index (κ2) is 8.46. The number of hydrogen-bond donors (Lipinski definition) is 0. The molecule has 30 heavy (non-hydrogen) atoms. The van der Waals surface area contributed by atoms with Gasteiger partial charge in [-0.2, -0.15) is 5.10 Å². The molecule has 1 saturated heterocycles. The maximum atomic E-state index is 13.2. The third kappa shape index (κ3) is 3.81. The number of rotatable bonds is 4. The molecule has 2 aromatic carbocycles. The fourth-order valence-electron chi connectivity index (χ4n) is 3.45. The molecule has 2 heterocycles. The average Bonchev–Trinajstić information content (AvgIpc) is 2.80. The zero-order valence-electron chi connectivity index (χ0n) is 16.5. The summed E-state index contributed by atoms with van der Waals surface area (Å²) >= 11 is 0. The first kappa shape index (κ1) is 19.8. The van der Waals surface area contributed by atoms with Crippen LogP contribution in [-0.4, -0.2) is 52.9 Å². The van der Waals surface area contributed by atoms with Crippen molar-refractivity contribution in [2.24, 2.45) is 7.05 Å². The van der Waals surface area contributed by atoms with Crippen molar-refractivity contribution in [2.45, 2.75) is 6.10 Å². The molecule has 0 bridgehead atoms. The van der Waals surface area contributed by atoms with Crippen LogP contribution in [0.5, 0.6) is 0 Å². The van der Waals surface area contributed by atoms with E-state index in [0.717, 1.165) is 4.68 Å². The Balaban J connectivity index is 1.71. The van der Waals surface area contributed by atoms with Crippen molar-refractivity contribution < 1.29 is 19.1 Å². The summed E-state index contributed by atoms with van der Waals surface area (Å²) in [6.45, 7) is 1.74. The highest BCUT2D eigenvalue weighted by molar-refractivity contribution is 6.03. The zero-order chi connectivity index (χ0) is 21.1. The van der Waals surface area contributed by atoms with Gasteiger partial charge in [-0.05, 0) is 6.07 Å². The van der Waals surface area contributed by atoms with Crippen molar-refractivity contribution in [2.75, 3.05) is 26.3 Å². The van der Waals surface area contributed by atoms with Crippen LogP contribution in [0, 0.1) is 0 Å². The zero-order valence-corrected chi connectivity index (χ0v) is 16.5. The predicted molar refractivity (Wildman–Crippen MR) is 109 cm³/mol. The van der Waals surface area contributed by atoms with Crippen LogP contribution in [0.1, 0.15) is 22.2 Å². The standard InChI is InChI=1S/C22H21N3O5/c1-24-20(26)17-10-6-5-9-16(17)18(23-24)22(28)30-19(15-7-3-2-4-8-15)21(27)25-11-13-29-14-12-25/h2-10,19H,11-14H2,1H3/t19-/m0/s1. The monoisotopic (exact) mass is 407 g/mol. The molecule has 0 unspecified atom stereocenters. The van der Waals surface area contributed by atoms with E-state index in [9.17, 15) is 14.4 Å². The molecular weight excluding hydrogens is 386 g/mol. The highest BCUT2D eigenvalue weighted by Gasteiger charge is 2.32. The van der Waals surface area contributed by atoms with Crippen molar-refractivity contribution in [3.8, 4) is 0 Å². The SMILES string of the molecule is Cn1nc(C(=O)O[C@H](C(=O)N2CCOCC2)c2ccccc2)c2ccccc2c1=O. The third-order valence-corrected chi connectivity index (χ3v) is 5.02. The quantitative estimate of drug-likeness (QED) is 0.612. The topological polar surface area (TPSA) is 90.7 Å². The van der Waals surface area contributed by atoms with Gasteiger partial charge in [-0.3, -0.25) is 9.59 Å². The molecule has 8 nitrogen and oxygen atoms in total. The van der Waals surface area contributed by atoms with Gasteiger partial charge >= 0.3 is 5.97 Å². The molecule has 0 N–H and O–H groups in total. The van der Waals surface area contributed by atoms with Gasteiger partial charge in [0.25, 0.3) is 11.5 Å². The number of benzene rings is 2. The lowest BCUT2D eigenvalue weighted by Crippen LogP contribution is -2.44. The molecule has 1 aromatic heterocycles. The fraction of sp³-hybridized carbons (Fsp3) is 0.273. The summed E-state index contributed by atoms with van der Waals surface area (Å²) in [7, 11) is 1.47. The van der Waals surface area contributed by atoms with E-state index in [2.05, 4.69) is 5.10 Å². The van der Waals surface area contributed by atoms with Gasteiger partial charge in [0.05, 0.1) is 18.6 Å². The predicted octanol–water partition coefficient (Wildman–Crippen LogP) is 1.69. The number of carbonyl (C=O) groups is 2. The van der Waals surface area contributed by atoms with E-state index in [1.807, 2.05) is 6.07 Å². The lowest BCUT2D eigenvalue weighted by atomic mass is 10.1. The smallest absolute Gasteiger partial charge is 0.360 e. The molecule has 1 amide bonds. The summed E-state index contributed by atoms with van der Waals surface area (Å²) in [6, 6.07) is 15.6. The van der Waals surface area contributed by atoms with Gasteiger partial charge in [-0.25, -0.2) is 9.48 Å². The molecule has 1 atom stereocenters. The summed E-state index contributed by atoms with van der Waals surface area (Å²) in [5, 5.41) is 4.85. The first-order valence-electron chi connectivity index (χ1n) is 9.65. The Hall–Kier alpha value is -3.52. The van der Waals surface area contributed by atoms with Crippen molar-refractivity contribution in [1.82, 2.24) is 14.7 Å². The van der Waals surface area contributed by atoms with Crippen LogP contribution >= 0.6 is 0 Å². The average molecular weight is 407 g/mol. The number of hydrogen-bond acceptors (Lipinski definition) is 6. The first-order valence-corrected chi connectivity index (χ1v) is 9.65. The van der Waals surface area contributed by atoms with E-state index in [-0.39, 0.29) is 17.2 Å². The molecule has 4 rings (SSSR count). The summed E-state index contributed by atoms with van der Waals surface area (Å²) < 4.78 is 12.1. The van der Waals surface area contributed by atoms with E-state index in [4.69, 9.17) is 9.47 Å². The minimum Gasteiger partial charge on any atom is -0.442 e. The largest absolute Gasteiger partial charge is 0.442 e. The van der Waals surface area contributed by atoms with Crippen LogP contribution in [0.3, 0.4) is 0 Å². The number of aryl methyl sites for hydroxylation is 1. The summed E-state index contributed by atoms with van der Waals surface area (Å²) in [5.41, 5.74) is 0.242. The molecule has 1 aliphatic heterocycles.